The largest absolute Gasteiger partial charge is 0.492 e. The fourth-order valence-electron chi connectivity index (χ4n) is 1.44. The van der Waals surface area contributed by atoms with E-state index in [1.165, 1.54) is 0 Å². The van der Waals surface area contributed by atoms with E-state index < -0.39 is 0 Å². The first-order chi connectivity index (χ1) is 8.28. The van der Waals surface area contributed by atoms with Crippen LogP contribution in [-0.4, -0.2) is 27.9 Å². The van der Waals surface area contributed by atoms with Gasteiger partial charge in [-0.1, -0.05) is 17.3 Å². The van der Waals surface area contributed by atoms with Crippen LogP contribution >= 0.6 is 0 Å². The molecule has 2 rings (SSSR count). The maximum absolute atomic E-state index is 10.4. The standard InChI is InChI=1S/C12H13N3O2/c1-10-3-2-4-12(7-10)17-6-5-15-8-11(9-16)13-14-15/h2-4,7-9H,5-6H2,1H3. The predicted molar refractivity (Wildman–Crippen MR) is 62.1 cm³/mol. The number of ether oxygens (including phenoxy) is 1. The third-order valence-corrected chi connectivity index (χ3v) is 2.26. The first-order valence-corrected chi connectivity index (χ1v) is 5.33. The average molecular weight is 231 g/mol. The van der Waals surface area contributed by atoms with E-state index in [2.05, 4.69) is 10.3 Å². The van der Waals surface area contributed by atoms with Gasteiger partial charge in [-0.05, 0) is 24.6 Å². The zero-order valence-electron chi connectivity index (χ0n) is 9.54. The molecule has 0 radical (unpaired) electrons. The lowest BCUT2D eigenvalue weighted by molar-refractivity contribution is 0.111. The summed E-state index contributed by atoms with van der Waals surface area (Å²) in [6, 6.07) is 7.84. The van der Waals surface area contributed by atoms with Gasteiger partial charge in [-0.25, -0.2) is 4.68 Å². The average Bonchev–Trinajstić information content (AvgIpc) is 2.77. The third kappa shape index (κ3) is 3.14. The molecule has 0 bridgehead atoms. The van der Waals surface area contributed by atoms with Gasteiger partial charge in [0.05, 0.1) is 12.7 Å². The second-order valence-corrected chi connectivity index (χ2v) is 3.69. The molecule has 0 aliphatic carbocycles. The van der Waals surface area contributed by atoms with Crippen LogP contribution in [0.2, 0.25) is 0 Å². The number of hydrogen-bond donors (Lipinski definition) is 0. The fraction of sp³-hybridized carbons (Fsp3) is 0.250. The van der Waals surface area contributed by atoms with Gasteiger partial charge in [0.15, 0.2) is 6.29 Å². The SMILES string of the molecule is Cc1cccc(OCCn2cc(C=O)nn2)c1. The number of carbonyl (C=O) groups excluding carboxylic acids is 1. The Balaban J connectivity index is 1.85. The van der Waals surface area contributed by atoms with Crippen molar-refractivity contribution in [3.63, 3.8) is 0 Å². The summed E-state index contributed by atoms with van der Waals surface area (Å²) in [5.41, 5.74) is 1.49. The lowest BCUT2D eigenvalue weighted by Crippen LogP contribution is -2.08. The molecule has 0 fully saturated rings. The van der Waals surface area contributed by atoms with Crippen molar-refractivity contribution in [3.05, 3.63) is 41.7 Å². The van der Waals surface area contributed by atoms with E-state index >= 15 is 0 Å². The van der Waals surface area contributed by atoms with Crippen LogP contribution in [0.25, 0.3) is 0 Å². The van der Waals surface area contributed by atoms with Crippen LogP contribution in [0.5, 0.6) is 5.75 Å². The van der Waals surface area contributed by atoms with Crippen molar-refractivity contribution >= 4 is 6.29 Å². The molecule has 0 aliphatic heterocycles. The van der Waals surface area contributed by atoms with Gasteiger partial charge >= 0.3 is 0 Å². The Morgan fingerprint density at radius 1 is 1.47 bits per heavy atom. The number of nitrogens with zero attached hydrogens (tertiary/aromatic N) is 3. The van der Waals surface area contributed by atoms with Gasteiger partial charge < -0.3 is 4.74 Å². The molecular formula is C12H13N3O2. The van der Waals surface area contributed by atoms with Gasteiger partial charge in [-0.15, -0.1) is 5.10 Å². The topological polar surface area (TPSA) is 57.0 Å². The van der Waals surface area contributed by atoms with E-state index in [-0.39, 0.29) is 0 Å². The number of aromatic nitrogens is 3. The molecular weight excluding hydrogens is 218 g/mol. The minimum Gasteiger partial charge on any atom is -0.492 e. The Morgan fingerprint density at radius 3 is 3.06 bits per heavy atom. The quantitative estimate of drug-likeness (QED) is 0.731. The van der Waals surface area contributed by atoms with Crippen LogP contribution in [0.3, 0.4) is 0 Å². The maximum atomic E-state index is 10.4. The lowest BCUT2D eigenvalue weighted by Gasteiger charge is -2.06. The summed E-state index contributed by atoms with van der Waals surface area (Å²) >= 11 is 0. The van der Waals surface area contributed by atoms with E-state index in [9.17, 15) is 4.79 Å². The number of aldehydes is 1. The van der Waals surface area contributed by atoms with Crippen molar-refractivity contribution < 1.29 is 9.53 Å². The molecule has 88 valence electrons. The highest BCUT2D eigenvalue weighted by atomic mass is 16.5. The monoisotopic (exact) mass is 231 g/mol. The Kier molecular flexibility index (Phi) is 3.49. The van der Waals surface area contributed by atoms with E-state index in [1.54, 1.807) is 10.9 Å². The zero-order chi connectivity index (χ0) is 12.1. The van der Waals surface area contributed by atoms with Crippen molar-refractivity contribution in [2.45, 2.75) is 13.5 Å². The third-order valence-electron chi connectivity index (χ3n) is 2.26. The van der Waals surface area contributed by atoms with Crippen LogP contribution < -0.4 is 4.74 Å². The lowest BCUT2D eigenvalue weighted by atomic mass is 10.2. The van der Waals surface area contributed by atoms with Gasteiger partial charge in [0.2, 0.25) is 0 Å². The van der Waals surface area contributed by atoms with E-state index in [1.807, 2.05) is 31.2 Å². The molecule has 0 unspecified atom stereocenters. The molecule has 0 N–H and O–H groups in total. The molecule has 5 heteroatoms. The fourth-order valence-corrected chi connectivity index (χ4v) is 1.44. The molecule has 1 aromatic heterocycles. The minimum absolute atomic E-state index is 0.334. The molecule has 0 saturated carbocycles. The molecule has 17 heavy (non-hydrogen) atoms. The van der Waals surface area contributed by atoms with Crippen molar-refractivity contribution in [1.29, 1.82) is 0 Å². The first-order valence-electron chi connectivity index (χ1n) is 5.33. The summed E-state index contributed by atoms with van der Waals surface area (Å²) in [6.07, 6.45) is 2.26. The number of rotatable bonds is 5. The summed E-state index contributed by atoms with van der Waals surface area (Å²) in [6.45, 7) is 3.07. The smallest absolute Gasteiger partial charge is 0.171 e. The van der Waals surface area contributed by atoms with E-state index in [4.69, 9.17) is 4.74 Å². The van der Waals surface area contributed by atoms with Crippen molar-refractivity contribution in [2.24, 2.45) is 0 Å². The summed E-state index contributed by atoms with van der Waals surface area (Å²) in [4.78, 5) is 10.4. The van der Waals surface area contributed by atoms with Crippen molar-refractivity contribution in [3.8, 4) is 5.75 Å². The van der Waals surface area contributed by atoms with E-state index in [0.717, 1.165) is 11.3 Å². The molecule has 0 amide bonds. The number of benzene rings is 1. The molecule has 0 aliphatic rings. The number of hydrogen-bond acceptors (Lipinski definition) is 4. The Hall–Kier alpha value is -2.17. The highest BCUT2D eigenvalue weighted by Gasteiger charge is 1.99. The maximum Gasteiger partial charge on any atom is 0.171 e. The molecule has 1 heterocycles. The molecule has 0 saturated heterocycles. The highest BCUT2D eigenvalue weighted by Crippen LogP contribution is 2.12. The van der Waals surface area contributed by atoms with Gasteiger partial charge in [-0.2, -0.15) is 0 Å². The first kappa shape index (κ1) is 11.3. The zero-order valence-corrected chi connectivity index (χ0v) is 9.54. The summed E-state index contributed by atoms with van der Waals surface area (Å²) in [7, 11) is 0. The second-order valence-electron chi connectivity index (χ2n) is 3.69. The van der Waals surface area contributed by atoms with Crippen LogP contribution in [0, 0.1) is 6.92 Å². The summed E-state index contributed by atoms with van der Waals surface area (Å²) in [5, 5.41) is 7.45. The number of aryl methyl sites for hydroxylation is 1. The van der Waals surface area contributed by atoms with Crippen molar-refractivity contribution in [2.75, 3.05) is 6.61 Å². The molecule has 0 atom stereocenters. The van der Waals surface area contributed by atoms with E-state index in [0.29, 0.717) is 25.1 Å². The van der Waals surface area contributed by atoms with Crippen molar-refractivity contribution in [1.82, 2.24) is 15.0 Å². The summed E-state index contributed by atoms with van der Waals surface area (Å²) < 4.78 is 7.14. The van der Waals surface area contributed by atoms with Crippen LogP contribution in [0.1, 0.15) is 16.1 Å². The molecule has 2 aromatic rings. The molecule has 1 aromatic carbocycles. The second kappa shape index (κ2) is 5.25. The minimum atomic E-state index is 0.334. The van der Waals surface area contributed by atoms with Gasteiger partial charge in [0, 0.05) is 0 Å². The van der Waals surface area contributed by atoms with Gasteiger partial charge in [0.1, 0.15) is 18.1 Å². The Morgan fingerprint density at radius 2 is 2.35 bits per heavy atom. The van der Waals surface area contributed by atoms with Crippen LogP contribution in [0.15, 0.2) is 30.5 Å². The Labute approximate surface area is 99.0 Å². The molecule has 0 spiro atoms. The Bertz CT molecular complexity index is 508. The predicted octanol–water partition coefficient (Wildman–Crippen LogP) is 1.48. The van der Waals surface area contributed by atoms with Gasteiger partial charge in [0.25, 0.3) is 0 Å². The van der Waals surface area contributed by atoms with Crippen LogP contribution in [0.4, 0.5) is 0 Å². The van der Waals surface area contributed by atoms with Gasteiger partial charge in [-0.3, -0.25) is 4.79 Å². The van der Waals surface area contributed by atoms with Crippen LogP contribution in [-0.2, 0) is 6.54 Å². The highest BCUT2D eigenvalue weighted by molar-refractivity contribution is 5.70. The molecule has 5 nitrogen and oxygen atoms in total. The summed E-state index contributed by atoms with van der Waals surface area (Å²) in [5.74, 6) is 0.834. The normalized spacial score (nSPS) is 10.2. The number of carbonyl (C=O) groups is 1.